The lowest BCUT2D eigenvalue weighted by Gasteiger charge is -2.11. The van der Waals surface area contributed by atoms with Crippen LogP contribution in [0.15, 0.2) is 96.0 Å². The Morgan fingerprint density at radius 3 is 2.65 bits per heavy atom. The van der Waals surface area contributed by atoms with Crippen LogP contribution in [0, 0.1) is 6.92 Å². The Hall–Kier alpha value is -4.52. The maximum atomic E-state index is 13.2. The standard InChI is InChI=1S/C27H26N6O/c1-18(2)14-29-21(13-28)16-31-27(34)20-11-23(25-10-9-19(3)15-30-25)24-17-32-33(26(24)12-20)22-7-5-4-6-8-22/h4-15,17H,1,16,28H2,2-3H3,(H,31,34)/b21-13-,29-14-. The lowest BCUT2D eigenvalue weighted by Crippen LogP contribution is -2.25. The number of allylic oxidation sites excluding steroid dienone is 1. The molecule has 0 fully saturated rings. The highest BCUT2D eigenvalue weighted by Gasteiger charge is 2.16. The van der Waals surface area contributed by atoms with E-state index >= 15 is 0 Å². The van der Waals surface area contributed by atoms with Crippen LogP contribution in [-0.2, 0) is 0 Å². The molecule has 0 atom stereocenters. The summed E-state index contributed by atoms with van der Waals surface area (Å²) >= 11 is 0. The zero-order chi connectivity index (χ0) is 24.1. The van der Waals surface area contributed by atoms with Crippen molar-refractivity contribution in [2.24, 2.45) is 10.7 Å². The first kappa shape index (κ1) is 22.7. The molecule has 2 aromatic carbocycles. The summed E-state index contributed by atoms with van der Waals surface area (Å²) < 4.78 is 1.83. The van der Waals surface area contributed by atoms with E-state index in [0.29, 0.717) is 11.3 Å². The van der Waals surface area contributed by atoms with E-state index in [4.69, 9.17) is 5.73 Å². The van der Waals surface area contributed by atoms with Gasteiger partial charge in [0.25, 0.3) is 5.91 Å². The van der Waals surface area contributed by atoms with Gasteiger partial charge in [-0.1, -0.05) is 30.8 Å². The van der Waals surface area contributed by atoms with Crippen molar-refractivity contribution >= 4 is 23.0 Å². The summed E-state index contributed by atoms with van der Waals surface area (Å²) in [6, 6.07) is 17.4. The highest BCUT2D eigenvalue weighted by Crippen LogP contribution is 2.30. The van der Waals surface area contributed by atoms with Gasteiger partial charge in [-0.05, 0) is 55.3 Å². The minimum Gasteiger partial charge on any atom is -0.403 e. The fourth-order valence-electron chi connectivity index (χ4n) is 3.49. The topological polar surface area (TPSA) is 98.2 Å². The number of amides is 1. The summed E-state index contributed by atoms with van der Waals surface area (Å²) in [4.78, 5) is 22.0. The first-order chi connectivity index (χ1) is 16.5. The zero-order valence-electron chi connectivity index (χ0n) is 19.2. The number of pyridine rings is 1. The molecule has 170 valence electrons. The molecule has 0 radical (unpaired) electrons. The molecular weight excluding hydrogens is 424 g/mol. The molecule has 2 aromatic heterocycles. The summed E-state index contributed by atoms with van der Waals surface area (Å²) in [5, 5.41) is 8.41. The van der Waals surface area contributed by atoms with Gasteiger partial charge in [0.1, 0.15) is 0 Å². The van der Waals surface area contributed by atoms with Gasteiger partial charge in [0, 0.05) is 35.1 Å². The van der Waals surface area contributed by atoms with Gasteiger partial charge in [-0.25, -0.2) is 4.68 Å². The van der Waals surface area contributed by atoms with Crippen LogP contribution < -0.4 is 11.1 Å². The van der Waals surface area contributed by atoms with E-state index in [9.17, 15) is 4.79 Å². The van der Waals surface area contributed by atoms with Crippen LogP contribution in [0.3, 0.4) is 0 Å². The Kier molecular flexibility index (Phi) is 6.64. The Labute approximate surface area is 198 Å². The number of nitrogens with zero attached hydrogens (tertiary/aromatic N) is 4. The molecule has 7 heteroatoms. The average Bonchev–Trinajstić information content (AvgIpc) is 3.28. The molecule has 0 saturated heterocycles. The average molecular weight is 451 g/mol. The predicted molar refractivity (Wildman–Crippen MR) is 137 cm³/mol. The molecule has 0 aliphatic carbocycles. The number of nitrogens with one attached hydrogen (secondary N) is 1. The minimum absolute atomic E-state index is 0.188. The molecule has 4 rings (SSSR count). The van der Waals surface area contributed by atoms with Crippen LogP contribution >= 0.6 is 0 Å². The number of benzene rings is 2. The van der Waals surface area contributed by atoms with Gasteiger partial charge in [0.2, 0.25) is 0 Å². The number of carbonyl (C=O) groups excluding carboxylic acids is 1. The molecule has 0 spiro atoms. The molecule has 0 unspecified atom stereocenters. The molecule has 0 aliphatic heterocycles. The minimum atomic E-state index is -0.249. The maximum absolute atomic E-state index is 13.2. The van der Waals surface area contributed by atoms with E-state index in [1.165, 1.54) is 6.20 Å². The van der Waals surface area contributed by atoms with E-state index in [0.717, 1.165) is 39.0 Å². The largest absolute Gasteiger partial charge is 0.403 e. The summed E-state index contributed by atoms with van der Waals surface area (Å²) in [6.07, 6.45) is 6.60. The molecule has 3 N–H and O–H groups in total. The van der Waals surface area contributed by atoms with Crippen molar-refractivity contribution in [3.8, 4) is 16.9 Å². The van der Waals surface area contributed by atoms with Crippen molar-refractivity contribution in [2.45, 2.75) is 13.8 Å². The molecule has 4 aromatic rings. The van der Waals surface area contributed by atoms with Crippen molar-refractivity contribution in [1.29, 1.82) is 0 Å². The first-order valence-corrected chi connectivity index (χ1v) is 10.8. The van der Waals surface area contributed by atoms with E-state index in [1.807, 2.05) is 85.5 Å². The van der Waals surface area contributed by atoms with Crippen LogP contribution in [0.1, 0.15) is 22.8 Å². The van der Waals surface area contributed by atoms with Gasteiger partial charge in [-0.15, -0.1) is 0 Å². The highest BCUT2D eigenvalue weighted by atomic mass is 16.1. The van der Waals surface area contributed by atoms with E-state index in [1.54, 1.807) is 6.21 Å². The Bertz CT molecular complexity index is 1400. The summed E-state index contributed by atoms with van der Waals surface area (Å²) in [5.74, 6) is -0.249. The van der Waals surface area contributed by atoms with Crippen molar-refractivity contribution in [2.75, 3.05) is 6.54 Å². The second-order valence-electron chi connectivity index (χ2n) is 8.01. The van der Waals surface area contributed by atoms with Gasteiger partial charge in [-0.3, -0.25) is 14.8 Å². The number of carbonyl (C=O) groups is 1. The molecule has 1 amide bonds. The fraction of sp³-hybridized carbons (Fsp3) is 0.111. The van der Waals surface area contributed by atoms with E-state index in [2.05, 4.69) is 27.0 Å². The number of aryl methyl sites for hydroxylation is 1. The quantitative estimate of drug-likeness (QED) is 0.403. The monoisotopic (exact) mass is 450 g/mol. The van der Waals surface area contributed by atoms with Crippen molar-refractivity contribution in [1.82, 2.24) is 20.1 Å². The summed E-state index contributed by atoms with van der Waals surface area (Å²) in [5.41, 5.74) is 11.9. The highest BCUT2D eigenvalue weighted by molar-refractivity contribution is 6.03. The van der Waals surface area contributed by atoms with Crippen LogP contribution in [-0.4, -0.2) is 33.4 Å². The van der Waals surface area contributed by atoms with Crippen molar-refractivity contribution in [3.63, 3.8) is 0 Å². The van der Waals surface area contributed by atoms with Crippen molar-refractivity contribution < 1.29 is 4.79 Å². The molecule has 2 heterocycles. The van der Waals surface area contributed by atoms with Crippen LogP contribution in [0.25, 0.3) is 27.8 Å². The summed E-state index contributed by atoms with van der Waals surface area (Å²) in [7, 11) is 0. The predicted octanol–water partition coefficient (Wildman–Crippen LogP) is 4.57. The number of hydrogen-bond donors (Lipinski definition) is 2. The number of hydrogen-bond acceptors (Lipinski definition) is 5. The van der Waals surface area contributed by atoms with Gasteiger partial charge in [-0.2, -0.15) is 5.10 Å². The third kappa shape index (κ3) is 4.94. The van der Waals surface area contributed by atoms with Crippen molar-refractivity contribution in [3.05, 3.63) is 102 Å². The molecule has 0 aliphatic rings. The molecule has 0 bridgehead atoms. The Balaban J connectivity index is 1.76. The van der Waals surface area contributed by atoms with Gasteiger partial charge in [0.15, 0.2) is 0 Å². The van der Waals surface area contributed by atoms with E-state index < -0.39 is 0 Å². The molecule has 34 heavy (non-hydrogen) atoms. The van der Waals surface area contributed by atoms with Gasteiger partial charge in [0.05, 0.1) is 35.3 Å². The van der Waals surface area contributed by atoms with E-state index in [-0.39, 0.29) is 12.5 Å². The first-order valence-electron chi connectivity index (χ1n) is 10.8. The van der Waals surface area contributed by atoms with Gasteiger partial charge < -0.3 is 11.1 Å². The number of nitrogens with two attached hydrogens (primary N) is 1. The molecular formula is C27H26N6O. The zero-order valence-corrected chi connectivity index (χ0v) is 19.2. The van der Waals surface area contributed by atoms with Crippen LogP contribution in [0.2, 0.25) is 0 Å². The number of para-hydroxylation sites is 1. The number of rotatable bonds is 7. The third-order valence-corrected chi connectivity index (χ3v) is 5.21. The smallest absolute Gasteiger partial charge is 0.251 e. The Morgan fingerprint density at radius 2 is 1.97 bits per heavy atom. The van der Waals surface area contributed by atoms with Gasteiger partial charge >= 0.3 is 0 Å². The van der Waals surface area contributed by atoms with Crippen LogP contribution in [0.5, 0.6) is 0 Å². The van der Waals surface area contributed by atoms with Crippen LogP contribution in [0.4, 0.5) is 0 Å². The number of aromatic nitrogens is 3. The fourth-order valence-corrected chi connectivity index (χ4v) is 3.49. The SMILES string of the molecule is C=C(C)/C=N\C(=C/N)CNC(=O)c1cc(-c2ccc(C)cn2)c2cnn(-c3ccccc3)c2c1. The lowest BCUT2D eigenvalue weighted by atomic mass is 10.0. The molecule has 7 nitrogen and oxygen atoms in total. The normalized spacial score (nSPS) is 11.8. The summed E-state index contributed by atoms with van der Waals surface area (Å²) in [6.45, 7) is 7.80. The molecule has 0 saturated carbocycles. The second kappa shape index (κ2) is 9.95. The third-order valence-electron chi connectivity index (χ3n) is 5.21. The maximum Gasteiger partial charge on any atom is 0.251 e. The lowest BCUT2D eigenvalue weighted by molar-refractivity contribution is 0.0957. The Morgan fingerprint density at radius 1 is 1.18 bits per heavy atom. The number of aliphatic imine (C=N–C) groups is 1. The second-order valence-corrected chi connectivity index (χ2v) is 8.01. The number of fused-ring (bicyclic) bond motifs is 1.